The van der Waals surface area contributed by atoms with Crippen LogP contribution in [0.1, 0.15) is 67.0 Å². The van der Waals surface area contributed by atoms with Crippen molar-refractivity contribution in [1.29, 1.82) is 0 Å². The third-order valence-corrected chi connectivity index (χ3v) is 13.7. The van der Waals surface area contributed by atoms with Crippen molar-refractivity contribution in [3.8, 4) is 11.1 Å². The number of fused-ring (bicyclic) bond motifs is 2. The third kappa shape index (κ3) is 8.34. The molecule has 0 radical (unpaired) electrons. The van der Waals surface area contributed by atoms with Gasteiger partial charge in [-0.3, -0.25) is 33.7 Å². The molecule has 0 bridgehead atoms. The highest BCUT2D eigenvalue weighted by atomic mass is 16.2. The lowest BCUT2D eigenvalue weighted by Gasteiger charge is -2.37. The first-order chi connectivity index (χ1) is 31.1. The number of anilines is 4. The van der Waals surface area contributed by atoms with Crippen molar-refractivity contribution in [2.75, 3.05) is 62.4 Å². The number of carbonyl (C=O) groups excluding carboxylic acids is 3. The van der Waals surface area contributed by atoms with E-state index >= 15 is 0 Å². The van der Waals surface area contributed by atoms with Gasteiger partial charge in [0.05, 0.1) is 22.9 Å². The molecule has 4 aliphatic rings. The van der Waals surface area contributed by atoms with E-state index in [0.29, 0.717) is 41.1 Å². The van der Waals surface area contributed by atoms with Crippen LogP contribution in [0.5, 0.6) is 0 Å². The minimum Gasteiger partial charge on any atom is -0.385 e. The van der Waals surface area contributed by atoms with Crippen LogP contribution in [0, 0.1) is 5.92 Å². The Bertz CT molecular complexity index is 2800. The monoisotopic (exact) mass is 864 g/mol. The quantitative estimate of drug-likeness (QED) is 0.114. The molecule has 16 heteroatoms. The average molecular weight is 865 g/mol. The number of hydrogen-bond acceptors (Lipinski definition) is 11. The number of likely N-dealkylation sites (tertiary alicyclic amines) is 1. The number of carbonyl (C=O) groups is 3. The molecule has 332 valence electrons. The summed E-state index contributed by atoms with van der Waals surface area (Å²) in [6.45, 7) is 6.16. The molecular weight excluding hydrogens is 809 g/mol. The lowest BCUT2D eigenvalue weighted by molar-refractivity contribution is -0.135. The lowest BCUT2D eigenvalue weighted by Crippen LogP contribution is -2.44. The highest BCUT2D eigenvalue weighted by Gasteiger charge is 2.32. The van der Waals surface area contributed by atoms with E-state index in [2.05, 4.69) is 90.5 Å². The molecule has 2 atom stereocenters. The first-order valence-corrected chi connectivity index (χ1v) is 22.6. The molecule has 1 aliphatic carbocycles. The minimum absolute atomic E-state index is 0.156. The Morgan fingerprint density at radius 3 is 2.45 bits per heavy atom. The fourth-order valence-electron chi connectivity index (χ4n) is 9.94. The lowest BCUT2D eigenvalue weighted by atomic mass is 10.0. The van der Waals surface area contributed by atoms with Crippen molar-refractivity contribution in [2.45, 2.75) is 69.6 Å². The summed E-state index contributed by atoms with van der Waals surface area (Å²) in [6, 6.07) is 25.1. The van der Waals surface area contributed by atoms with Crippen LogP contribution in [-0.2, 0) is 23.2 Å². The Morgan fingerprint density at radius 2 is 1.69 bits per heavy atom. The standard InChI is InChI=1S/C48H56N12O4/c1-49-38-25-43(54-60-42(26-50-45(38)60)47(63)52-34-10-11-34)51-35-6-4-5-30(23-35)28-57-20-18-36(19-21-57)55(2)27-31-17-22-58(29-31)37-12-7-32(8-13-37)33-9-14-39-41(24-33)56(3)48(64)59(39)40-15-16-44(61)53-46(40)62/h4-9,12-14,23-26,31,34,36,40,49H,10-11,15-22,27-29H2,1-3H3,(H,51,54)(H,52,63)(H,53,61,62). The van der Waals surface area contributed by atoms with Gasteiger partial charge in [-0.2, -0.15) is 0 Å². The predicted molar refractivity (Wildman–Crippen MR) is 248 cm³/mol. The maximum Gasteiger partial charge on any atom is 0.329 e. The van der Waals surface area contributed by atoms with E-state index in [1.54, 1.807) is 22.3 Å². The SMILES string of the molecule is CNc1cc(Nc2cccc(CN3CCC(N(C)CC4CCN(c5ccc(-c6ccc7c(c6)n(C)c(=O)n7C6CCC(=O)NC6=O)cc5)C4)CC3)c2)nn2c(C(=O)NC3CC3)cnc12. The summed E-state index contributed by atoms with van der Waals surface area (Å²) in [5.41, 5.74) is 8.46. The van der Waals surface area contributed by atoms with Gasteiger partial charge in [-0.1, -0.05) is 30.3 Å². The van der Waals surface area contributed by atoms with Gasteiger partial charge in [-0.15, -0.1) is 5.10 Å². The highest BCUT2D eigenvalue weighted by Crippen LogP contribution is 2.32. The van der Waals surface area contributed by atoms with Crippen LogP contribution < -0.4 is 31.9 Å². The summed E-state index contributed by atoms with van der Waals surface area (Å²) in [5, 5.41) is 16.8. The maximum absolute atomic E-state index is 13.3. The largest absolute Gasteiger partial charge is 0.385 e. The van der Waals surface area contributed by atoms with Gasteiger partial charge in [0.2, 0.25) is 11.8 Å². The van der Waals surface area contributed by atoms with Crippen LogP contribution in [0.4, 0.5) is 22.9 Å². The molecule has 64 heavy (non-hydrogen) atoms. The van der Waals surface area contributed by atoms with Crippen LogP contribution in [0.25, 0.3) is 27.8 Å². The number of piperidine rings is 2. The van der Waals surface area contributed by atoms with E-state index in [-0.39, 0.29) is 30.0 Å². The van der Waals surface area contributed by atoms with Gasteiger partial charge in [-0.05, 0) is 118 Å². The molecule has 2 unspecified atom stereocenters. The third-order valence-electron chi connectivity index (χ3n) is 13.7. The number of nitrogens with zero attached hydrogens (tertiary/aromatic N) is 8. The van der Waals surface area contributed by atoms with Gasteiger partial charge in [0.25, 0.3) is 5.91 Å². The molecule has 3 amide bonds. The fraction of sp³-hybridized carbons (Fsp3) is 0.417. The van der Waals surface area contributed by atoms with Crippen LogP contribution in [-0.4, -0.2) is 110 Å². The van der Waals surface area contributed by atoms with Crippen LogP contribution in [0.2, 0.25) is 0 Å². The average Bonchev–Trinajstić information content (AvgIpc) is 3.70. The molecule has 4 fully saturated rings. The number of rotatable bonds is 13. The van der Waals surface area contributed by atoms with E-state index in [1.807, 2.05) is 37.4 Å². The summed E-state index contributed by atoms with van der Waals surface area (Å²) in [5.74, 6) is 0.350. The number of imidazole rings is 2. The number of aryl methyl sites for hydroxylation is 1. The minimum atomic E-state index is -0.701. The number of imide groups is 1. The molecule has 3 aromatic carbocycles. The smallest absolute Gasteiger partial charge is 0.329 e. The van der Waals surface area contributed by atoms with Gasteiger partial charge >= 0.3 is 5.69 Å². The zero-order chi connectivity index (χ0) is 44.1. The van der Waals surface area contributed by atoms with E-state index < -0.39 is 11.9 Å². The summed E-state index contributed by atoms with van der Waals surface area (Å²) in [7, 11) is 5.87. The zero-order valence-corrected chi connectivity index (χ0v) is 36.7. The number of amides is 3. The van der Waals surface area contributed by atoms with Crippen LogP contribution in [0.15, 0.2) is 83.8 Å². The molecular formula is C48H56N12O4. The first kappa shape index (κ1) is 41.5. The second-order valence-corrected chi connectivity index (χ2v) is 18.1. The zero-order valence-electron chi connectivity index (χ0n) is 36.7. The normalized spacial score (nSPS) is 19.8. The molecule has 6 aromatic rings. The number of nitrogens with one attached hydrogen (secondary N) is 4. The predicted octanol–water partition coefficient (Wildman–Crippen LogP) is 5.13. The molecule has 0 spiro atoms. The van der Waals surface area contributed by atoms with E-state index in [1.165, 1.54) is 22.2 Å². The van der Waals surface area contributed by atoms with Crippen molar-refractivity contribution >= 4 is 57.3 Å². The molecule has 1 saturated carbocycles. The molecule has 10 rings (SSSR count). The van der Waals surface area contributed by atoms with Crippen molar-refractivity contribution in [2.24, 2.45) is 13.0 Å². The van der Waals surface area contributed by atoms with Crippen molar-refractivity contribution < 1.29 is 14.4 Å². The van der Waals surface area contributed by atoms with Crippen LogP contribution >= 0.6 is 0 Å². The van der Waals surface area contributed by atoms with Gasteiger partial charge in [0.1, 0.15) is 6.04 Å². The Kier molecular flexibility index (Phi) is 11.2. The topological polar surface area (TPSA) is 166 Å². The van der Waals surface area contributed by atoms with Crippen LogP contribution in [0.3, 0.4) is 0 Å². The molecule has 6 heterocycles. The first-order valence-electron chi connectivity index (χ1n) is 22.6. The number of hydrogen-bond donors (Lipinski definition) is 4. The number of aromatic nitrogens is 5. The summed E-state index contributed by atoms with van der Waals surface area (Å²) in [4.78, 5) is 62.7. The second kappa shape index (κ2) is 17.2. The van der Waals surface area contributed by atoms with E-state index in [4.69, 9.17) is 5.10 Å². The highest BCUT2D eigenvalue weighted by molar-refractivity contribution is 6.00. The number of benzene rings is 3. The van der Waals surface area contributed by atoms with Gasteiger partial charge in [-0.25, -0.2) is 14.3 Å². The van der Waals surface area contributed by atoms with Gasteiger partial charge < -0.3 is 25.8 Å². The van der Waals surface area contributed by atoms with Crippen molar-refractivity contribution in [3.05, 3.63) is 101 Å². The van der Waals surface area contributed by atoms with E-state index in [9.17, 15) is 19.2 Å². The summed E-state index contributed by atoms with van der Waals surface area (Å²) in [6.07, 6.45) is 7.60. The summed E-state index contributed by atoms with van der Waals surface area (Å²) >= 11 is 0. The molecule has 4 N–H and O–H groups in total. The Morgan fingerprint density at radius 1 is 0.891 bits per heavy atom. The van der Waals surface area contributed by atoms with E-state index in [0.717, 1.165) is 93.0 Å². The molecule has 3 saturated heterocycles. The Hall–Kier alpha value is -6.52. The molecule has 3 aliphatic heterocycles. The molecule has 16 nitrogen and oxygen atoms in total. The Balaban J connectivity index is 0.709. The van der Waals surface area contributed by atoms with Gasteiger partial charge in [0, 0.05) is 76.2 Å². The molecule has 3 aromatic heterocycles. The van der Waals surface area contributed by atoms with Gasteiger partial charge in [0.15, 0.2) is 17.2 Å². The summed E-state index contributed by atoms with van der Waals surface area (Å²) < 4.78 is 4.72. The Labute approximate surface area is 371 Å². The van der Waals surface area contributed by atoms with Crippen molar-refractivity contribution in [1.82, 2.24) is 44.2 Å². The van der Waals surface area contributed by atoms with Crippen molar-refractivity contribution in [3.63, 3.8) is 0 Å². The second-order valence-electron chi connectivity index (χ2n) is 18.1. The maximum atomic E-state index is 13.3. The fourth-order valence-corrected chi connectivity index (χ4v) is 9.94.